The number of methoxy groups -OCH3 is 1. The van der Waals surface area contributed by atoms with Gasteiger partial charge >= 0.3 is 12.0 Å². The predicted molar refractivity (Wildman–Crippen MR) is 70.6 cm³/mol. The van der Waals surface area contributed by atoms with Gasteiger partial charge in [-0.25, -0.2) is 9.59 Å². The fourth-order valence-electron chi connectivity index (χ4n) is 2.73. The van der Waals surface area contributed by atoms with E-state index in [9.17, 15) is 9.59 Å². The molecule has 2 saturated heterocycles. The minimum atomic E-state index is -0.991. The van der Waals surface area contributed by atoms with Crippen LogP contribution in [-0.2, 0) is 14.3 Å². The molecule has 2 fully saturated rings. The highest BCUT2D eigenvalue weighted by Crippen LogP contribution is 2.26. The van der Waals surface area contributed by atoms with Crippen LogP contribution >= 0.6 is 0 Å². The Morgan fingerprint density at radius 3 is 2.65 bits per heavy atom. The molecule has 2 aliphatic heterocycles. The number of likely N-dealkylation sites (tertiary alicyclic amines) is 2. The summed E-state index contributed by atoms with van der Waals surface area (Å²) in [6, 6.07) is -0.0110. The van der Waals surface area contributed by atoms with Gasteiger partial charge in [-0.2, -0.15) is 0 Å². The number of carbonyl (C=O) groups is 2. The topological polar surface area (TPSA) is 79.3 Å². The van der Waals surface area contributed by atoms with Crippen LogP contribution in [0.25, 0.3) is 0 Å². The third-order valence-corrected chi connectivity index (χ3v) is 3.85. The average Bonchev–Trinajstić information content (AvgIpc) is 2.41. The maximum Gasteiger partial charge on any atom is 0.329 e. The van der Waals surface area contributed by atoms with Crippen LogP contribution in [0.5, 0.6) is 0 Å². The Morgan fingerprint density at radius 1 is 1.35 bits per heavy atom. The first kappa shape index (κ1) is 15.1. The van der Waals surface area contributed by atoms with Crippen LogP contribution in [0, 0.1) is 0 Å². The molecule has 20 heavy (non-hydrogen) atoms. The van der Waals surface area contributed by atoms with Gasteiger partial charge in [-0.05, 0) is 19.8 Å². The summed E-state index contributed by atoms with van der Waals surface area (Å²) < 4.78 is 10.6. The number of hydrogen-bond acceptors (Lipinski definition) is 4. The highest BCUT2D eigenvalue weighted by Gasteiger charge is 2.44. The maximum absolute atomic E-state index is 12.3. The van der Waals surface area contributed by atoms with E-state index in [0.29, 0.717) is 19.6 Å². The average molecular weight is 286 g/mol. The number of aliphatic carboxylic acids is 1. The first-order valence-corrected chi connectivity index (χ1v) is 6.86. The van der Waals surface area contributed by atoms with Gasteiger partial charge in [0.15, 0.2) is 0 Å². The van der Waals surface area contributed by atoms with Crippen LogP contribution < -0.4 is 0 Å². The van der Waals surface area contributed by atoms with Gasteiger partial charge in [0, 0.05) is 20.2 Å². The fourth-order valence-corrected chi connectivity index (χ4v) is 2.73. The molecule has 1 unspecified atom stereocenters. The summed E-state index contributed by atoms with van der Waals surface area (Å²) in [5, 5.41) is 8.60. The minimum Gasteiger partial charge on any atom is -0.480 e. The number of piperidine rings is 1. The van der Waals surface area contributed by atoms with Gasteiger partial charge in [-0.15, -0.1) is 0 Å². The van der Waals surface area contributed by atoms with Crippen molar-refractivity contribution < 1.29 is 24.2 Å². The summed E-state index contributed by atoms with van der Waals surface area (Å²) in [6.45, 7) is 3.75. The van der Waals surface area contributed by atoms with Crippen molar-refractivity contribution in [3.63, 3.8) is 0 Å². The number of carbonyl (C=O) groups excluding carboxylic acids is 1. The maximum atomic E-state index is 12.3. The van der Waals surface area contributed by atoms with Crippen molar-refractivity contribution >= 4 is 12.0 Å². The van der Waals surface area contributed by atoms with Crippen LogP contribution in [0.1, 0.15) is 19.8 Å². The van der Waals surface area contributed by atoms with Crippen molar-refractivity contribution in [2.45, 2.75) is 31.5 Å². The Kier molecular flexibility index (Phi) is 4.49. The molecular formula is C13H22N2O5. The number of rotatable bonds is 4. The van der Waals surface area contributed by atoms with Crippen molar-refractivity contribution in [3.05, 3.63) is 0 Å². The Morgan fingerprint density at radius 2 is 2.05 bits per heavy atom. The first-order valence-electron chi connectivity index (χ1n) is 6.86. The largest absolute Gasteiger partial charge is 0.480 e. The molecule has 0 radical (unpaired) electrons. The van der Waals surface area contributed by atoms with Crippen molar-refractivity contribution in [1.29, 1.82) is 0 Å². The molecule has 0 spiro atoms. The minimum absolute atomic E-state index is 0.0110. The van der Waals surface area contributed by atoms with Gasteiger partial charge in [0.2, 0.25) is 0 Å². The summed E-state index contributed by atoms with van der Waals surface area (Å²) in [5.74, 6) is -0.991. The Bertz CT molecular complexity index is 381. The third kappa shape index (κ3) is 3.40. The van der Waals surface area contributed by atoms with E-state index in [1.54, 1.807) is 16.9 Å². The van der Waals surface area contributed by atoms with E-state index in [1.165, 1.54) is 0 Å². The molecule has 0 aromatic rings. The molecule has 0 saturated carbocycles. The van der Waals surface area contributed by atoms with Gasteiger partial charge in [0.1, 0.15) is 12.2 Å². The second-order valence-electron chi connectivity index (χ2n) is 5.72. The van der Waals surface area contributed by atoms with Crippen molar-refractivity contribution in [1.82, 2.24) is 9.80 Å². The molecule has 7 nitrogen and oxygen atoms in total. The van der Waals surface area contributed by atoms with Crippen molar-refractivity contribution in [3.8, 4) is 0 Å². The van der Waals surface area contributed by atoms with Crippen LogP contribution in [-0.4, -0.2) is 78.5 Å². The number of amides is 2. The van der Waals surface area contributed by atoms with Gasteiger partial charge < -0.3 is 24.4 Å². The Hall–Kier alpha value is -1.34. The number of nitrogens with zero attached hydrogens (tertiary/aromatic N) is 2. The van der Waals surface area contributed by atoms with E-state index in [1.807, 2.05) is 6.92 Å². The molecule has 1 N–H and O–H groups in total. The van der Waals surface area contributed by atoms with E-state index >= 15 is 0 Å². The van der Waals surface area contributed by atoms with Gasteiger partial charge in [-0.1, -0.05) is 0 Å². The highest BCUT2D eigenvalue weighted by atomic mass is 16.5. The second kappa shape index (κ2) is 5.97. The van der Waals surface area contributed by atoms with Gasteiger partial charge in [0.25, 0.3) is 0 Å². The van der Waals surface area contributed by atoms with E-state index in [-0.39, 0.29) is 18.7 Å². The number of carboxylic acids is 1. The number of urea groups is 1. The summed E-state index contributed by atoms with van der Waals surface area (Å²) in [4.78, 5) is 26.3. The SMILES string of the molecule is COC1CCCN(C(=O)N2CC(C)(OCC(=O)O)C2)C1. The molecule has 0 aromatic carbocycles. The molecular weight excluding hydrogens is 264 g/mol. The van der Waals surface area contributed by atoms with E-state index in [2.05, 4.69) is 0 Å². The molecule has 2 rings (SSSR count). The summed E-state index contributed by atoms with van der Waals surface area (Å²) in [5.41, 5.74) is -0.537. The lowest BCUT2D eigenvalue weighted by molar-refractivity contribution is -0.160. The summed E-state index contributed by atoms with van der Waals surface area (Å²) in [6.07, 6.45) is 2.05. The quantitative estimate of drug-likeness (QED) is 0.809. The molecule has 114 valence electrons. The molecule has 2 heterocycles. The van der Waals surface area contributed by atoms with Crippen LogP contribution in [0.3, 0.4) is 0 Å². The number of hydrogen-bond donors (Lipinski definition) is 1. The number of ether oxygens (including phenoxy) is 2. The van der Waals surface area contributed by atoms with Crippen molar-refractivity contribution in [2.24, 2.45) is 0 Å². The zero-order chi connectivity index (χ0) is 14.8. The lowest BCUT2D eigenvalue weighted by Gasteiger charge is -2.49. The standard InChI is InChI=1S/C13H22N2O5/c1-13(20-7-11(16)17)8-15(9-13)12(18)14-5-3-4-10(6-14)19-2/h10H,3-9H2,1-2H3,(H,16,17). The molecule has 7 heteroatoms. The normalized spacial score (nSPS) is 25.2. The third-order valence-electron chi connectivity index (χ3n) is 3.85. The molecule has 0 aliphatic carbocycles. The molecule has 1 atom stereocenters. The van der Waals surface area contributed by atoms with E-state index in [4.69, 9.17) is 14.6 Å². The first-order chi connectivity index (χ1) is 9.43. The zero-order valence-electron chi connectivity index (χ0n) is 12.0. The lowest BCUT2D eigenvalue weighted by atomic mass is 9.96. The van der Waals surface area contributed by atoms with Crippen LogP contribution in [0.4, 0.5) is 4.79 Å². The Balaban J connectivity index is 1.79. The van der Waals surface area contributed by atoms with Crippen LogP contribution in [0.2, 0.25) is 0 Å². The van der Waals surface area contributed by atoms with E-state index < -0.39 is 11.6 Å². The smallest absolute Gasteiger partial charge is 0.329 e. The fraction of sp³-hybridized carbons (Fsp3) is 0.846. The van der Waals surface area contributed by atoms with Gasteiger partial charge in [0.05, 0.1) is 19.2 Å². The highest BCUT2D eigenvalue weighted by molar-refractivity contribution is 5.76. The number of carboxylic acid groups (broad SMARTS) is 1. The molecule has 0 bridgehead atoms. The summed E-state index contributed by atoms with van der Waals surface area (Å²) in [7, 11) is 1.67. The second-order valence-corrected chi connectivity index (χ2v) is 5.72. The van der Waals surface area contributed by atoms with Crippen molar-refractivity contribution in [2.75, 3.05) is 39.9 Å². The lowest BCUT2D eigenvalue weighted by Crippen LogP contribution is -2.66. The molecule has 0 aromatic heterocycles. The molecule has 2 aliphatic rings. The van der Waals surface area contributed by atoms with Gasteiger partial charge in [-0.3, -0.25) is 0 Å². The predicted octanol–water partition coefficient (Wildman–Crippen LogP) is 0.393. The Labute approximate surface area is 118 Å². The van der Waals surface area contributed by atoms with Crippen LogP contribution in [0.15, 0.2) is 0 Å². The zero-order valence-corrected chi connectivity index (χ0v) is 12.0. The van der Waals surface area contributed by atoms with E-state index in [0.717, 1.165) is 19.4 Å². The summed E-state index contributed by atoms with van der Waals surface area (Å²) >= 11 is 0. The molecule has 2 amide bonds. The monoisotopic (exact) mass is 286 g/mol.